The zero-order valence-corrected chi connectivity index (χ0v) is 22.6. The summed E-state index contributed by atoms with van der Waals surface area (Å²) in [6, 6.07) is 19.2. The minimum atomic E-state index is -0.424. The summed E-state index contributed by atoms with van der Waals surface area (Å²) in [6.07, 6.45) is 0. The standard InChI is InChI=1S/C27H18ClN5O4S2/c1-37-18-10-11-20-19(12-18)21(25(36)33(20)13-14-2-6-16(28)7-3-14)22-23(35)29-26(38-22)30-27-32-31-24(39-27)15-4-8-17(34)9-5-15/h2-12,34H,13H2,1H3,(H,29,30,32,35)/b22-21-. The molecule has 0 atom stereocenters. The summed E-state index contributed by atoms with van der Waals surface area (Å²) in [5.74, 6) is 0.00720. The van der Waals surface area contributed by atoms with Crippen LogP contribution in [-0.2, 0) is 16.1 Å². The second-order valence-corrected chi connectivity index (χ2v) is 10.9. The molecule has 3 heterocycles. The molecular formula is C27H18ClN5O4S2. The first-order valence-corrected chi connectivity index (χ1v) is 13.6. The van der Waals surface area contributed by atoms with E-state index >= 15 is 0 Å². The number of phenols is 1. The molecule has 2 aliphatic rings. The number of fused-ring (bicyclic) bond motifs is 1. The predicted octanol–water partition coefficient (Wildman–Crippen LogP) is 5.38. The van der Waals surface area contributed by atoms with Crippen LogP contribution in [0, 0.1) is 0 Å². The summed E-state index contributed by atoms with van der Waals surface area (Å²) in [6.45, 7) is 0.310. The largest absolute Gasteiger partial charge is 0.508 e. The fraction of sp³-hybridized carbons (Fsp3) is 0.0741. The molecule has 4 aromatic rings. The molecule has 0 spiro atoms. The van der Waals surface area contributed by atoms with Crippen molar-refractivity contribution in [1.82, 2.24) is 15.5 Å². The quantitative estimate of drug-likeness (QED) is 0.307. The SMILES string of the molecule is COc1ccc2c(c1)/C(=C1/S/C(=N/c3nnc(-c4ccc(O)cc4)s3)NC1=O)C(=O)N2Cc1ccc(Cl)cc1. The number of aromatic hydroxyl groups is 1. The molecule has 194 valence electrons. The molecule has 0 radical (unpaired) electrons. The Bertz CT molecular complexity index is 1680. The number of hydrogen-bond donors (Lipinski definition) is 2. The van der Waals surface area contributed by atoms with Crippen LogP contribution in [0.3, 0.4) is 0 Å². The summed E-state index contributed by atoms with van der Waals surface area (Å²) >= 11 is 8.34. The number of anilines is 1. The molecule has 39 heavy (non-hydrogen) atoms. The Morgan fingerprint density at radius 3 is 2.56 bits per heavy atom. The zero-order valence-electron chi connectivity index (χ0n) is 20.2. The molecule has 2 aliphatic heterocycles. The number of amides is 2. The Balaban J connectivity index is 1.33. The zero-order chi connectivity index (χ0) is 27.1. The summed E-state index contributed by atoms with van der Waals surface area (Å²) in [7, 11) is 1.55. The number of benzene rings is 3. The van der Waals surface area contributed by atoms with Crippen LogP contribution in [0.4, 0.5) is 10.8 Å². The molecule has 0 bridgehead atoms. The predicted molar refractivity (Wildman–Crippen MR) is 152 cm³/mol. The van der Waals surface area contributed by atoms with Crippen molar-refractivity contribution in [2.75, 3.05) is 12.0 Å². The molecular weight excluding hydrogens is 558 g/mol. The van der Waals surface area contributed by atoms with Gasteiger partial charge in [-0.2, -0.15) is 4.99 Å². The van der Waals surface area contributed by atoms with Gasteiger partial charge in [0.05, 0.1) is 29.8 Å². The lowest BCUT2D eigenvalue weighted by molar-refractivity contribution is -0.116. The van der Waals surface area contributed by atoms with Crippen LogP contribution in [-0.4, -0.2) is 39.4 Å². The fourth-order valence-corrected chi connectivity index (χ4v) is 6.02. The minimum Gasteiger partial charge on any atom is -0.508 e. The third kappa shape index (κ3) is 4.87. The first-order chi connectivity index (χ1) is 18.9. The molecule has 6 rings (SSSR count). The molecule has 2 N–H and O–H groups in total. The van der Waals surface area contributed by atoms with E-state index in [2.05, 4.69) is 20.5 Å². The molecule has 9 nitrogen and oxygen atoms in total. The van der Waals surface area contributed by atoms with Crippen molar-refractivity contribution in [3.8, 4) is 22.1 Å². The maximum atomic E-state index is 13.7. The molecule has 0 saturated carbocycles. The minimum absolute atomic E-state index is 0.154. The number of thioether (sulfide) groups is 1. The van der Waals surface area contributed by atoms with Gasteiger partial charge in [0, 0.05) is 16.1 Å². The van der Waals surface area contributed by atoms with Gasteiger partial charge in [0.15, 0.2) is 5.17 Å². The number of amidine groups is 1. The number of carbonyl (C=O) groups is 2. The Kier molecular flexibility index (Phi) is 6.55. The second-order valence-electron chi connectivity index (χ2n) is 8.51. The monoisotopic (exact) mass is 575 g/mol. The summed E-state index contributed by atoms with van der Waals surface area (Å²) < 4.78 is 5.40. The molecule has 0 unspecified atom stereocenters. The van der Waals surface area contributed by atoms with Crippen LogP contribution in [0.2, 0.25) is 5.02 Å². The Labute approximate surface area is 235 Å². The Morgan fingerprint density at radius 1 is 1.05 bits per heavy atom. The van der Waals surface area contributed by atoms with Crippen molar-refractivity contribution in [1.29, 1.82) is 0 Å². The van der Waals surface area contributed by atoms with Crippen LogP contribution in [0.25, 0.3) is 16.1 Å². The lowest BCUT2D eigenvalue weighted by atomic mass is 10.1. The number of rotatable bonds is 5. The van der Waals surface area contributed by atoms with Gasteiger partial charge in [-0.25, -0.2) is 0 Å². The fourth-order valence-electron chi connectivity index (χ4n) is 4.19. The number of hydrogen-bond acceptors (Lipinski definition) is 9. The van der Waals surface area contributed by atoms with Crippen LogP contribution >= 0.6 is 34.7 Å². The summed E-state index contributed by atoms with van der Waals surface area (Å²) in [4.78, 5) is 33.2. The van der Waals surface area contributed by atoms with Gasteiger partial charge in [0.2, 0.25) is 5.13 Å². The van der Waals surface area contributed by atoms with E-state index in [-0.39, 0.29) is 22.1 Å². The van der Waals surface area contributed by atoms with Gasteiger partial charge in [-0.05, 0) is 71.9 Å². The van der Waals surface area contributed by atoms with Crippen molar-refractivity contribution in [2.45, 2.75) is 6.54 Å². The average molecular weight is 576 g/mol. The normalized spacial score (nSPS) is 17.6. The highest BCUT2D eigenvalue weighted by atomic mass is 35.5. The van der Waals surface area contributed by atoms with Crippen molar-refractivity contribution >= 4 is 68.1 Å². The van der Waals surface area contributed by atoms with Gasteiger partial charge in [-0.1, -0.05) is 35.1 Å². The maximum absolute atomic E-state index is 13.7. The van der Waals surface area contributed by atoms with Crippen molar-refractivity contribution in [2.24, 2.45) is 4.99 Å². The van der Waals surface area contributed by atoms with Crippen molar-refractivity contribution in [3.05, 3.63) is 87.8 Å². The van der Waals surface area contributed by atoms with Crippen molar-refractivity contribution < 1.29 is 19.4 Å². The number of aromatic nitrogens is 2. The molecule has 2 amide bonds. The van der Waals surface area contributed by atoms with Gasteiger partial charge < -0.3 is 20.1 Å². The highest BCUT2D eigenvalue weighted by Crippen LogP contribution is 2.45. The van der Waals surface area contributed by atoms with Gasteiger partial charge in [-0.15, -0.1) is 10.2 Å². The summed E-state index contributed by atoms with van der Waals surface area (Å²) in [5.41, 5.74) is 3.25. The molecule has 1 fully saturated rings. The average Bonchev–Trinajstić information content (AvgIpc) is 3.61. The van der Waals surface area contributed by atoms with Crippen molar-refractivity contribution in [3.63, 3.8) is 0 Å². The van der Waals surface area contributed by atoms with E-state index in [9.17, 15) is 14.7 Å². The maximum Gasteiger partial charge on any atom is 0.264 e. The van der Waals surface area contributed by atoms with Gasteiger partial charge >= 0.3 is 0 Å². The number of ether oxygens (including phenoxy) is 1. The number of halogens is 1. The number of phenolic OH excluding ortho intramolecular Hbond substituents is 1. The van der Waals surface area contributed by atoms with E-state index in [0.717, 1.165) is 22.9 Å². The second kappa shape index (κ2) is 10.2. The van der Waals surface area contributed by atoms with Gasteiger partial charge in [0.25, 0.3) is 11.8 Å². The molecule has 12 heteroatoms. The Morgan fingerprint density at radius 2 is 1.82 bits per heavy atom. The lowest BCUT2D eigenvalue weighted by Crippen LogP contribution is -2.26. The van der Waals surface area contributed by atoms with E-state index in [4.69, 9.17) is 16.3 Å². The Hall–Kier alpha value is -4.19. The molecule has 1 aromatic heterocycles. The van der Waals surface area contributed by atoms with Crippen LogP contribution < -0.4 is 15.0 Å². The number of nitrogens with one attached hydrogen (secondary N) is 1. The van der Waals surface area contributed by atoms with E-state index in [0.29, 0.717) is 43.9 Å². The summed E-state index contributed by atoms with van der Waals surface area (Å²) in [5, 5.41) is 22.4. The van der Waals surface area contributed by atoms with E-state index in [1.54, 1.807) is 60.5 Å². The molecule has 3 aromatic carbocycles. The first kappa shape index (κ1) is 25.1. The first-order valence-electron chi connectivity index (χ1n) is 11.6. The highest BCUT2D eigenvalue weighted by Gasteiger charge is 2.40. The number of carbonyl (C=O) groups excluding carboxylic acids is 2. The van der Waals surface area contributed by atoms with Gasteiger partial charge in [-0.3, -0.25) is 9.59 Å². The number of nitrogens with zero attached hydrogens (tertiary/aromatic N) is 4. The van der Waals surface area contributed by atoms with Crippen LogP contribution in [0.15, 0.2) is 76.6 Å². The number of aliphatic imine (C=N–C) groups is 1. The molecule has 0 aliphatic carbocycles. The van der Waals surface area contributed by atoms with Crippen LogP contribution in [0.5, 0.6) is 11.5 Å². The number of methoxy groups -OCH3 is 1. The van der Waals surface area contributed by atoms with E-state index in [1.165, 1.54) is 11.3 Å². The van der Waals surface area contributed by atoms with E-state index in [1.807, 2.05) is 18.2 Å². The third-order valence-corrected chi connectivity index (χ3v) is 8.15. The highest BCUT2D eigenvalue weighted by molar-refractivity contribution is 8.18. The lowest BCUT2D eigenvalue weighted by Gasteiger charge is -2.17. The van der Waals surface area contributed by atoms with Gasteiger partial charge in [0.1, 0.15) is 16.5 Å². The van der Waals surface area contributed by atoms with Crippen LogP contribution in [0.1, 0.15) is 11.1 Å². The topological polar surface area (TPSA) is 117 Å². The smallest absolute Gasteiger partial charge is 0.264 e. The third-order valence-electron chi connectivity index (χ3n) is 6.06. The molecule has 1 saturated heterocycles. The van der Waals surface area contributed by atoms with E-state index < -0.39 is 5.91 Å².